The number of aryl methyl sites for hydroxylation is 1. The molecule has 0 heterocycles. The zero-order valence-electron chi connectivity index (χ0n) is 10.2. The molecular weight excluding hydrogens is 249 g/mol. The summed E-state index contributed by atoms with van der Waals surface area (Å²) >= 11 is 5.86. The molecule has 0 aromatic heterocycles. The molecule has 0 radical (unpaired) electrons. The summed E-state index contributed by atoms with van der Waals surface area (Å²) in [4.78, 5) is 0. The molecular formula is C15H15ClFN. The molecule has 2 rings (SSSR count). The molecule has 0 saturated carbocycles. The van der Waals surface area contributed by atoms with Gasteiger partial charge in [-0.1, -0.05) is 41.4 Å². The van der Waals surface area contributed by atoms with Gasteiger partial charge in [-0.15, -0.1) is 0 Å². The average molecular weight is 264 g/mol. The first-order valence-corrected chi connectivity index (χ1v) is 6.20. The number of halogens is 2. The van der Waals surface area contributed by atoms with Crippen molar-refractivity contribution >= 4 is 11.6 Å². The summed E-state index contributed by atoms with van der Waals surface area (Å²) in [5.74, 6) is -0.262. The molecule has 2 aromatic carbocycles. The lowest BCUT2D eigenvalue weighted by Gasteiger charge is -2.13. The van der Waals surface area contributed by atoms with E-state index < -0.39 is 0 Å². The van der Waals surface area contributed by atoms with Crippen molar-refractivity contribution in [3.63, 3.8) is 0 Å². The van der Waals surface area contributed by atoms with Gasteiger partial charge < -0.3 is 5.73 Å². The Morgan fingerprint density at radius 2 is 2.00 bits per heavy atom. The van der Waals surface area contributed by atoms with Gasteiger partial charge >= 0.3 is 0 Å². The number of rotatable bonds is 3. The summed E-state index contributed by atoms with van der Waals surface area (Å²) in [6, 6.07) is 12.3. The molecule has 0 fully saturated rings. The van der Waals surface area contributed by atoms with Crippen molar-refractivity contribution in [3.05, 3.63) is 70.0 Å². The predicted molar refractivity (Wildman–Crippen MR) is 73.2 cm³/mol. The molecule has 18 heavy (non-hydrogen) atoms. The van der Waals surface area contributed by atoms with E-state index in [1.807, 2.05) is 31.2 Å². The van der Waals surface area contributed by atoms with Gasteiger partial charge in [0.2, 0.25) is 0 Å². The van der Waals surface area contributed by atoms with E-state index >= 15 is 0 Å². The highest BCUT2D eigenvalue weighted by Crippen LogP contribution is 2.21. The smallest absolute Gasteiger partial charge is 0.126 e. The Hall–Kier alpha value is -1.38. The molecule has 0 aliphatic rings. The van der Waals surface area contributed by atoms with Crippen molar-refractivity contribution < 1.29 is 4.39 Å². The zero-order valence-corrected chi connectivity index (χ0v) is 10.9. The Kier molecular flexibility index (Phi) is 4.00. The fourth-order valence-electron chi connectivity index (χ4n) is 1.96. The van der Waals surface area contributed by atoms with E-state index in [2.05, 4.69) is 0 Å². The highest BCUT2D eigenvalue weighted by atomic mass is 35.5. The molecule has 2 aromatic rings. The summed E-state index contributed by atoms with van der Waals surface area (Å²) in [5.41, 5.74) is 8.81. The van der Waals surface area contributed by atoms with Crippen molar-refractivity contribution in [1.29, 1.82) is 0 Å². The standard InChI is InChI=1S/C15H15ClFN/c1-10-3-2-4-11(7-10)15(18)9-12-8-13(16)5-6-14(12)17/h2-8,15H,9,18H2,1H3. The lowest BCUT2D eigenvalue weighted by Crippen LogP contribution is -2.14. The van der Waals surface area contributed by atoms with Crippen LogP contribution in [0.2, 0.25) is 5.02 Å². The minimum Gasteiger partial charge on any atom is -0.324 e. The first-order chi connectivity index (χ1) is 8.56. The van der Waals surface area contributed by atoms with Crippen LogP contribution in [0.4, 0.5) is 4.39 Å². The van der Waals surface area contributed by atoms with E-state index in [0.29, 0.717) is 17.0 Å². The number of benzene rings is 2. The van der Waals surface area contributed by atoms with Crippen LogP contribution >= 0.6 is 11.6 Å². The summed E-state index contributed by atoms with van der Waals surface area (Å²) in [6.07, 6.45) is 0.440. The van der Waals surface area contributed by atoms with Crippen LogP contribution in [-0.4, -0.2) is 0 Å². The molecule has 0 bridgehead atoms. The molecule has 3 heteroatoms. The van der Waals surface area contributed by atoms with E-state index in [1.54, 1.807) is 12.1 Å². The van der Waals surface area contributed by atoms with Gasteiger partial charge in [0, 0.05) is 11.1 Å². The van der Waals surface area contributed by atoms with Crippen LogP contribution in [0, 0.1) is 12.7 Å². The molecule has 1 atom stereocenters. The maximum Gasteiger partial charge on any atom is 0.126 e. The quantitative estimate of drug-likeness (QED) is 0.889. The molecule has 1 unspecified atom stereocenters. The fourth-order valence-corrected chi connectivity index (χ4v) is 2.15. The molecule has 0 aliphatic carbocycles. The largest absolute Gasteiger partial charge is 0.324 e. The van der Waals surface area contributed by atoms with Crippen molar-refractivity contribution in [2.24, 2.45) is 5.73 Å². The molecule has 0 spiro atoms. The number of hydrogen-bond acceptors (Lipinski definition) is 1. The minimum absolute atomic E-state index is 0.224. The summed E-state index contributed by atoms with van der Waals surface area (Å²) in [5, 5.41) is 0.530. The third kappa shape index (κ3) is 3.09. The maximum atomic E-state index is 13.6. The van der Waals surface area contributed by atoms with Gasteiger partial charge in [0.1, 0.15) is 5.82 Å². The number of nitrogens with two attached hydrogens (primary N) is 1. The van der Waals surface area contributed by atoms with Crippen LogP contribution in [0.5, 0.6) is 0 Å². The average Bonchev–Trinajstić information content (AvgIpc) is 2.34. The van der Waals surface area contributed by atoms with Crippen LogP contribution in [0.3, 0.4) is 0 Å². The van der Waals surface area contributed by atoms with Crippen molar-refractivity contribution in [2.45, 2.75) is 19.4 Å². The molecule has 0 aliphatic heterocycles. The van der Waals surface area contributed by atoms with Crippen LogP contribution in [0.15, 0.2) is 42.5 Å². The second-order valence-corrected chi connectivity index (χ2v) is 4.90. The molecule has 0 amide bonds. The number of hydrogen-bond donors (Lipinski definition) is 1. The van der Waals surface area contributed by atoms with Crippen molar-refractivity contribution in [2.75, 3.05) is 0 Å². The Labute approximate surface area is 111 Å². The van der Waals surface area contributed by atoms with E-state index in [1.165, 1.54) is 6.07 Å². The minimum atomic E-state index is -0.262. The van der Waals surface area contributed by atoms with E-state index in [4.69, 9.17) is 17.3 Å². The fraction of sp³-hybridized carbons (Fsp3) is 0.200. The van der Waals surface area contributed by atoms with Crippen LogP contribution in [0.25, 0.3) is 0 Å². The third-order valence-corrected chi connectivity index (χ3v) is 3.15. The van der Waals surface area contributed by atoms with Gasteiger partial charge in [0.15, 0.2) is 0 Å². The van der Waals surface area contributed by atoms with Crippen LogP contribution in [-0.2, 0) is 6.42 Å². The highest BCUT2D eigenvalue weighted by Gasteiger charge is 2.11. The summed E-state index contributed by atoms with van der Waals surface area (Å²) in [7, 11) is 0. The zero-order chi connectivity index (χ0) is 13.1. The first-order valence-electron chi connectivity index (χ1n) is 5.82. The van der Waals surface area contributed by atoms with Gasteiger partial charge in [-0.25, -0.2) is 4.39 Å². The van der Waals surface area contributed by atoms with E-state index in [9.17, 15) is 4.39 Å². The lowest BCUT2D eigenvalue weighted by atomic mass is 9.98. The van der Waals surface area contributed by atoms with Gasteiger partial charge in [-0.2, -0.15) is 0 Å². The predicted octanol–water partition coefficient (Wildman–Crippen LogP) is 4.03. The van der Waals surface area contributed by atoms with E-state index in [0.717, 1.165) is 11.1 Å². The van der Waals surface area contributed by atoms with Crippen LogP contribution in [0.1, 0.15) is 22.7 Å². The maximum absolute atomic E-state index is 13.6. The summed E-state index contributed by atoms with van der Waals surface area (Å²) < 4.78 is 13.6. The van der Waals surface area contributed by atoms with Crippen molar-refractivity contribution in [3.8, 4) is 0 Å². The van der Waals surface area contributed by atoms with E-state index in [-0.39, 0.29) is 11.9 Å². The Morgan fingerprint density at radius 1 is 1.22 bits per heavy atom. The second kappa shape index (κ2) is 5.51. The highest BCUT2D eigenvalue weighted by molar-refractivity contribution is 6.30. The lowest BCUT2D eigenvalue weighted by molar-refractivity contribution is 0.593. The van der Waals surface area contributed by atoms with Gasteiger partial charge in [-0.3, -0.25) is 0 Å². The van der Waals surface area contributed by atoms with Gasteiger partial charge in [0.25, 0.3) is 0 Å². The first kappa shape index (κ1) is 13.1. The third-order valence-electron chi connectivity index (χ3n) is 2.92. The Morgan fingerprint density at radius 3 is 2.72 bits per heavy atom. The van der Waals surface area contributed by atoms with Crippen LogP contribution < -0.4 is 5.73 Å². The van der Waals surface area contributed by atoms with Gasteiger partial charge in [0.05, 0.1) is 0 Å². The van der Waals surface area contributed by atoms with Crippen molar-refractivity contribution in [1.82, 2.24) is 0 Å². The SMILES string of the molecule is Cc1cccc(C(N)Cc2cc(Cl)ccc2F)c1. The normalized spacial score (nSPS) is 12.4. The topological polar surface area (TPSA) is 26.0 Å². The Balaban J connectivity index is 2.21. The monoisotopic (exact) mass is 263 g/mol. The molecule has 2 N–H and O–H groups in total. The molecule has 1 nitrogen and oxygen atoms in total. The van der Waals surface area contributed by atoms with Gasteiger partial charge in [-0.05, 0) is 42.7 Å². The second-order valence-electron chi connectivity index (χ2n) is 4.46. The Bertz CT molecular complexity index is 554. The molecule has 0 saturated heterocycles. The molecule has 94 valence electrons. The summed E-state index contributed by atoms with van der Waals surface area (Å²) in [6.45, 7) is 2.01.